The second-order valence-corrected chi connectivity index (χ2v) is 5.07. The zero-order valence-corrected chi connectivity index (χ0v) is 12.8. The van der Waals surface area contributed by atoms with Gasteiger partial charge in [0.15, 0.2) is 0 Å². The number of carbonyl (C=O) groups is 1. The highest BCUT2D eigenvalue weighted by Crippen LogP contribution is 2.26. The molecule has 0 spiro atoms. The summed E-state index contributed by atoms with van der Waals surface area (Å²) in [6, 6.07) is 11.8. The maximum absolute atomic E-state index is 12.2. The van der Waals surface area contributed by atoms with E-state index in [1.54, 1.807) is 36.4 Å². The molecule has 3 N–H and O–H groups in total. The van der Waals surface area contributed by atoms with Crippen LogP contribution in [-0.4, -0.2) is 13.0 Å². The third-order valence-corrected chi connectivity index (χ3v) is 3.49. The van der Waals surface area contributed by atoms with E-state index in [0.717, 1.165) is 0 Å². The zero-order valence-electron chi connectivity index (χ0n) is 11.2. The van der Waals surface area contributed by atoms with Gasteiger partial charge in [0.2, 0.25) is 0 Å². The second-order valence-electron chi connectivity index (χ2n) is 4.22. The van der Waals surface area contributed by atoms with E-state index in [9.17, 15) is 4.79 Å². The van der Waals surface area contributed by atoms with E-state index in [1.165, 1.54) is 7.11 Å². The van der Waals surface area contributed by atoms with E-state index >= 15 is 0 Å². The molecule has 1 amide bonds. The molecule has 2 rings (SSSR count). The lowest BCUT2D eigenvalue weighted by atomic mass is 10.1. The van der Waals surface area contributed by atoms with Gasteiger partial charge in [-0.2, -0.15) is 5.26 Å². The molecule has 0 saturated heterocycles. The molecule has 0 heterocycles. The first kappa shape index (κ1) is 14.9. The van der Waals surface area contributed by atoms with Crippen LogP contribution in [0.3, 0.4) is 0 Å². The lowest BCUT2D eigenvalue weighted by Gasteiger charge is -2.09. The molecule has 0 aromatic heterocycles. The molecule has 0 saturated carbocycles. The summed E-state index contributed by atoms with van der Waals surface area (Å²) < 4.78 is 5.68. The Hall–Kier alpha value is -2.52. The van der Waals surface area contributed by atoms with Gasteiger partial charge in [-0.1, -0.05) is 0 Å². The number of rotatable bonds is 3. The van der Waals surface area contributed by atoms with Crippen LogP contribution >= 0.6 is 15.9 Å². The molecule has 5 nitrogen and oxygen atoms in total. The van der Waals surface area contributed by atoms with Gasteiger partial charge in [0.1, 0.15) is 5.75 Å². The number of anilines is 2. The Bertz CT molecular complexity index is 738. The van der Waals surface area contributed by atoms with Gasteiger partial charge in [-0.15, -0.1) is 0 Å². The van der Waals surface area contributed by atoms with Crippen molar-refractivity contribution in [1.82, 2.24) is 0 Å². The van der Waals surface area contributed by atoms with Gasteiger partial charge >= 0.3 is 0 Å². The quantitative estimate of drug-likeness (QED) is 0.836. The fourth-order valence-electron chi connectivity index (χ4n) is 1.76. The second kappa shape index (κ2) is 6.29. The number of nitriles is 1. The normalized spacial score (nSPS) is 9.76. The van der Waals surface area contributed by atoms with Crippen molar-refractivity contribution in [2.24, 2.45) is 0 Å². The lowest BCUT2D eigenvalue weighted by Crippen LogP contribution is -2.12. The third kappa shape index (κ3) is 3.33. The number of nitrogen functional groups attached to an aromatic ring is 1. The predicted molar refractivity (Wildman–Crippen MR) is 84.2 cm³/mol. The largest absolute Gasteiger partial charge is 0.495 e. The van der Waals surface area contributed by atoms with Gasteiger partial charge in [0.05, 0.1) is 30.1 Å². The van der Waals surface area contributed by atoms with Crippen molar-refractivity contribution in [3.63, 3.8) is 0 Å². The fraction of sp³-hybridized carbons (Fsp3) is 0.0667. The monoisotopic (exact) mass is 345 g/mol. The van der Waals surface area contributed by atoms with Crippen LogP contribution in [0.2, 0.25) is 0 Å². The van der Waals surface area contributed by atoms with Gasteiger partial charge in [-0.05, 0) is 52.3 Å². The number of ether oxygens (including phenoxy) is 1. The maximum atomic E-state index is 12.2. The first-order valence-electron chi connectivity index (χ1n) is 5.99. The molecule has 0 aliphatic carbocycles. The van der Waals surface area contributed by atoms with Gasteiger partial charge < -0.3 is 15.8 Å². The minimum Gasteiger partial charge on any atom is -0.495 e. The maximum Gasteiger partial charge on any atom is 0.255 e. The standard InChI is InChI=1S/C15H12BrN3O2/c1-21-14-5-3-10(7-12(14)18)15(20)19-13-4-2-9(8-17)6-11(13)16/h2-7H,18H2,1H3,(H,19,20). The van der Waals surface area contributed by atoms with Crippen molar-refractivity contribution >= 4 is 33.2 Å². The minimum absolute atomic E-state index is 0.297. The Morgan fingerprint density at radius 1 is 1.33 bits per heavy atom. The first-order chi connectivity index (χ1) is 10.0. The van der Waals surface area contributed by atoms with E-state index in [4.69, 9.17) is 15.7 Å². The number of nitrogens with zero attached hydrogens (tertiary/aromatic N) is 1. The summed E-state index contributed by atoms with van der Waals surface area (Å²) >= 11 is 3.32. The summed E-state index contributed by atoms with van der Waals surface area (Å²) in [5.41, 5.74) is 7.68. The molecule has 0 unspecified atom stereocenters. The molecule has 0 bridgehead atoms. The molecule has 21 heavy (non-hydrogen) atoms. The average Bonchev–Trinajstić information content (AvgIpc) is 2.49. The van der Waals surface area contributed by atoms with Crippen molar-refractivity contribution < 1.29 is 9.53 Å². The van der Waals surface area contributed by atoms with Crippen LogP contribution in [0.1, 0.15) is 15.9 Å². The van der Waals surface area contributed by atoms with Gasteiger partial charge in [0.25, 0.3) is 5.91 Å². The summed E-state index contributed by atoms with van der Waals surface area (Å²) in [6.07, 6.45) is 0. The highest BCUT2D eigenvalue weighted by molar-refractivity contribution is 9.10. The van der Waals surface area contributed by atoms with Crippen molar-refractivity contribution in [3.05, 3.63) is 52.0 Å². The van der Waals surface area contributed by atoms with Crippen LogP contribution < -0.4 is 15.8 Å². The number of amides is 1. The van der Waals surface area contributed by atoms with Crippen molar-refractivity contribution in [2.45, 2.75) is 0 Å². The number of hydrogen-bond donors (Lipinski definition) is 2. The van der Waals surface area contributed by atoms with E-state index < -0.39 is 0 Å². The van der Waals surface area contributed by atoms with E-state index in [2.05, 4.69) is 21.2 Å². The molecule has 2 aromatic rings. The van der Waals surface area contributed by atoms with Crippen LogP contribution in [-0.2, 0) is 0 Å². The van der Waals surface area contributed by atoms with Crippen LogP contribution in [0.4, 0.5) is 11.4 Å². The molecular formula is C15H12BrN3O2. The number of nitrogens with two attached hydrogens (primary N) is 1. The van der Waals surface area contributed by atoms with Crippen molar-refractivity contribution in [3.8, 4) is 11.8 Å². The molecule has 106 valence electrons. The number of methoxy groups -OCH3 is 1. The number of nitrogens with one attached hydrogen (secondary N) is 1. The fourth-order valence-corrected chi connectivity index (χ4v) is 2.23. The topological polar surface area (TPSA) is 88.1 Å². The molecule has 0 radical (unpaired) electrons. The van der Waals surface area contributed by atoms with Gasteiger partial charge in [-0.25, -0.2) is 0 Å². The summed E-state index contributed by atoms with van der Waals surface area (Å²) in [4.78, 5) is 12.2. The first-order valence-corrected chi connectivity index (χ1v) is 6.79. The zero-order chi connectivity index (χ0) is 15.4. The number of benzene rings is 2. The molecule has 6 heteroatoms. The van der Waals surface area contributed by atoms with Crippen LogP contribution in [0.25, 0.3) is 0 Å². The molecule has 0 atom stereocenters. The Morgan fingerprint density at radius 3 is 2.67 bits per heavy atom. The van der Waals surface area contributed by atoms with E-state index in [-0.39, 0.29) is 5.91 Å². The predicted octanol–water partition coefficient (Wildman–Crippen LogP) is 3.16. The minimum atomic E-state index is -0.297. The highest BCUT2D eigenvalue weighted by atomic mass is 79.9. The molecule has 0 aliphatic rings. The number of halogens is 1. The van der Waals surface area contributed by atoms with Crippen LogP contribution in [0, 0.1) is 11.3 Å². The van der Waals surface area contributed by atoms with Crippen LogP contribution in [0.5, 0.6) is 5.75 Å². The number of hydrogen-bond acceptors (Lipinski definition) is 4. The Kier molecular flexibility index (Phi) is 4.45. The van der Waals surface area contributed by atoms with E-state index in [1.807, 2.05) is 6.07 Å². The summed E-state index contributed by atoms with van der Waals surface area (Å²) in [5.74, 6) is 0.223. The average molecular weight is 346 g/mol. The Balaban J connectivity index is 2.22. The SMILES string of the molecule is COc1ccc(C(=O)Nc2ccc(C#N)cc2Br)cc1N. The third-order valence-electron chi connectivity index (χ3n) is 2.84. The Labute approximate surface area is 130 Å². The smallest absolute Gasteiger partial charge is 0.255 e. The van der Waals surface area contributed by atoms with E-state index in [0.29, 0.717) is 32.7 Å². The number of carbonyl (C=O) groups excluding carboxylic acids is 1. The van der Waals surface area contributed by atoms with Crippen LogP contribution in [0.15, 0.2) is 40.9 Å². The van der Waals surface area contributed by atoms with Gasteiger partial charge in [-0.3, -0.25) is 4.79 Å². The Morgan fingerprint density at radius 2 is 2.10 bits per heavy atom. The molecule has 2 aromatic carbocycles. The highest BCUT2D eigenvalue weighted by Gasteiger charge is 2.11. The summed E-state index contributed by atoms with van der Waals surface area (Å²) in [6.45, 7) is 0. The van der Waals surface area contributed by atoms with Crippen molar-refractivity contribution in [1.29, 1.82) is 5.26 Å². The molecular weight excluding hydrogens is 334 g/mol. The van der Waals surface area contributed by atoms with Crippen molar-refractivity contribution in [2.75, 3.05) is 18.2 Å². The lowest BCUT2D eigenvalue weighted by molar-refractivity contribution is 0.102. The van der Waals surface area contributed by atoms with Gasteiger partial charge in [0, 0.05) is 10.0 Å². The summed E-state index contributed by atoms with van der Waals surface area (Å²) in [7, 11) is 1.51. The molecule has 0 fully saturated rings. The molecule has 0 aliphatic heterocycles. The summed E-state index contributed by atoms with van der Waals surface area (Å²) in [5, 5.41) is 11.6.